The van der Waals surface area contributed by atoms with Gasteiger partial charge in [0.15, 0.2) is 0 Å². The van der Waals surface area contributed by atoms with E-state index in [1.54, 1.807) is 0 Å². The molecule has 0 atom stereocenters. The van der Waals surface area contributed by atoms with Gasteiger partial charge in [0.25, 0.3) is 0 Å². The van der Waals surface area contributed by atoms with Crippen molar-refractivity contribution in [1.29, 1.82) is 0 Å². The third-order valence-electron chi connectivity index (χ3n) is 5.57. The van der Waals surface area contributed by atoms with E-state index in [1.165, 1.54) is 65.0 Å². The van der Waals surface area contributed by atoms with E-state index in [-0.39, 0.29) is 0 Å². The summed E-state index contributed by atoms with van der Waals surface area (Å²) in [6.45, 7) is 7.26. The van der Waals surface area contributed by atoms with Crippen molar-refractivity contribution in [1.82, 2.24) is 4.90 Å². The monoisotopic (exact) mass is 384 g/mol. The molecule has 2 aromatic rings. The van der Waals surface area contributed by atoms with E-state index < -0.39 is 0 Å². The maximum absolute atomic E-state index is 2.66. The minimum Gasteiger partial charge on any atom is -0.340 e. The van der Waals surface area contributed by atoms with Gasteiger partial charge in [-0.25, -0.2) is 0 Å². The van der Waals surface area contributed by atoms with Gasteiger partial charge in [-0.05, 0) is 81.4 Å². The van der Waals surface area contributed by atoms with Crippen LogP contribution in [0.4, 0.5) is 11.4 Å². The first-order valence-electron chi connectivity index (χ1n) is 9.69. The Hall–Kier alpha value is -1.10. The lowest BCUT2D eigenvalue weighted by Gasteiger charge is -2.34. The highest BCUT2D eigenvalue weighted by atomic mass is 32.2. The molecule has 0 amide bonds. The van der Waals surface area contributed by atoms with Gasteiger partial charge in [0.2, 0.25) is 0 Å². The SMILES string of the molecule is CSc1ccc2c(c1)N(CCCN1CCC(C)CC1)c1ccccc1S2. The highest BCUT2D eigenvalue weighted by Crippen LogP contribution is 2.48. The molecule has 0 spiro atoms. The molecule has 2 aliphatic heterocycles. The molecule has 2 heterocycles. The molecule has 0 N–H and O–H groups in total. The average molecular weight is 385 g/mol. The van der Waals surface area contributed by atoms with Gasteiger partial charge in [0, 0.05) is 21.2 Å². The lowest BCUT2D eigenvalue weighted by Crippen LogP contribution is -2.35. The maximum Gasteiger partial charge on any atom is 0.0564 e. The summed E-state index contributed by atoms with van der Waals surface area (Å²) in [4.78, 5) is 9.31. The van der Waals surface area contributed by atoms with Crippen LogP contribution in [0.1, 0.15) is 26.2 Å². The number of fused-ring (bicyclic) bond motifs is 2. The summed E-state index contributed by atoms with van der Waals surface area (Å²) in [7, 11) is 0. The fourth-order valence-electron chi connectivity index (χ4n) is 3.92. The van der Waals surface area contributed by atoms with Crippen molar-refractivity contribution < 1.29 is 0 Å². The summed E-state index contributed by atoms with van der Waals surface area (Å²) in [6.07, 6.45) is 6.11. The molecule has 138 valence electrons. The molecular formula is C22H28N2S2. The summed E-state index contributed by atoms with van der Waals surface area (Å²) in [6, 6.07) is 15.8. The molecular weight excluding hydrogens is 356 g/mol. The van der Waals surface area contributed by atoms with Crippen molar-refractivity contribution in [3.05, 3.63) is 42.5 Å². The summed E-state index contributed by atoms with van der Waals surface area (Å²) < 4.78 is 0. The molecule has 0 unspecified atom stereocenters. The predicted octanol–water partition coefficient (Wildman–Crippen LogP) is 6.13. The number of hydrogen-bond donors (Lipinski definition) is 0. The summed E-state index contributed by atoms with van der Waals surface area (Å²) >= 11 is 3.73. The van der Waals surface area contributed by atoms with Crippen molar-refractivity contribution >= 4 is 34.9 Å². The van der Waals surface area contributed by atoms with Crippen LogP contribution in [-0.4, -0.2) is 37.3 Å². The van der Waals surface area contributed by atoms with E-state index in [4.69, 9.17) is 0 Å². The molecule has 1 saturated heterocycles. The molecule has 4 rings (SSSR count). The van der Waals surface area contributed by atoms with Gasteiger partial charge >= 0.3 is 0 Å². The largest absolute Gasteiger partial charge is 0.340 e. The Morgan fingerprint density at radius 3 is 2.58 bits per heavy atom. The first kappa shape index (κ1) is 18.3. The number of thioether (sulfide) groups is 1. The first-order chi connectivity index (χ1) is 12.7. The highest BCUT2D eigenvalue weighted by Gasteiger charge is 2.23. The van der Waals surface area contributed by atoms with Gasteiger partial charge in [0.1, 0.15) is 0 Å². The van der Waals surface area contributed by atoms with Crippen LogP contribution in [0.5, 0.6) is 0 Å². The second kappa shape index (κ2) is 8.28. The third kappa shape index (κ3) is 3.92. The van der Waals surface area contributed by atoms with Crippen LogP contribution >= 0.6 is 23.5 Å². The smallest absolute Gasteiger partial charge is 0.0564 e. The summed E-state index contributed by atoms with van der Waals surface area (Å²) in [5.41, 5.74) is 2.75. The van der Waals surface area contributed by atoms with E-state index in [0.29, 0.717) is 0 Å². The number of hydrogen-bond acceptors (Lipinski definition) is 4. The van der Waals surface area contributed by atoms with E-state index in [1.807, 2.05) is 23.5 Å². The van der Waals surface area contributed by atoms with E-state index in [0.717, 1.165) is 12.5 Å². The third-order valence-corrected chi connectivity index (χ3v) is 7.42. The van der Waals surface area contributed by atoms with Crippen LogP contribution in [-0.2, 0) is 0 Å². The lowest BCUT2D eigenvalue weighted by atomic mass is 9.99. The Morgan fingerprint density at radius 1 is 1.00 bits per heavy atom. The number of anilines is 2. The number of para-hydroxylation sites is 1. The van der Waals surface area contributed by atoms with Crippen LogP contribution in [0.3, 0.4) is 0 Å². The number of benzene rings is 2. The topological polar surface area (TPSA) is 6.48 Å². The zero-order valence-corrected chi connectivity index (χ0v) is 17.4. The Bertz CT molecular complexity index is 754. The number of likely N-dealkylation sites (tertiary alicyclic amines) is 1. The summed E-state index contributed by atoms with van der Waals surface area (Å²) in [5, 5.41) is 0. The lowest BCUT2D eigenvalue weighted by molar-refractivity contribution is 0.191. The normalized spacial score (nSPS) is 17.8. The zero-order valence-electron chi connectivity index (χ0n) is 15.8. The van der Waals surface area contributed by atoms with Crippen LogP contribution in [0, 0.1) is 5.92 Å². The first-order valence-corrected chi connectivity index (χ1v) is 11.7. The van der Waals surface area contributed by atoms with Gasteiger partial charge in [-0.2, -0.15) is 0 Å². The van der Waals surface area contributed by atoms with Crippen molar-refractivity contribution in [3.63, 3.8) is 0 Å². The molecule has 0 bridgehead atoms. The minimum absolute atomic E-state index is 0.911. The predicted molar refractivity (Wildman–Crippen MR) is 115 cm³/mol. The molecule has 0 aromatic heterocycles. The quantitative estimate of drug-likeness (QED) is 0.572. The Morgan fingerprint density at radius 2 is 1.77 bits per heavy atom. The number of rotatable bonds is 5. The van der Waals surface area contributed by atoms with Gasteiger partial charge in [0.05, 0.1) is 11.4 Å². The van der Waals surface area contributed by atoms with Crippen LogP contribution in [0.25, 0.3) is 0 Å². The van der Waals surface area contributed by atoms with Crippen molar-refractivity contribution in [2.75, 3.05) is 37.3 Å². The molecule has 2 aromatic carbocycles. The van der Waals surface area contributed by atoms with Crippen molar-refractivity contribution in [2.45, 2.75) is 40.9 Å². The minimum atomic E-state index is 0.911. The zero-order chi connectivity index (χ0) is 17.9. The van der Waals surface area contributed by atoms with E-state index in [9.17, 15) is 0 Å². The Kier molecular flexibility index (Phi) is 5.82. The molecule has 0 aliphatic carbocycles. The molecule has 4 heteroatoms. The molecule has 0 radical (unpaired) electrons. The number of nitrogens with zero attached hydrogens (tertiary/aromatic N) is 2. The molecule has 1 fully saturated rings. The van der Waals surface area contributed by atoms with Gasteiger partial charge in [-0.3, -0.25) is 0 Å². The van der Waals surface area contributed by atoms with Crippen LogP contribution < -0.4 is 4.90 Å². The fraction of sp³-hybridized carbons (Fsp3) is 0.455. The van der Waals surface area contributed by atoms with Crippen molar-refractivity contribution in [2.24, 2.45) is 5.92 Å². The van der Waals surface area contributed by atoms with Gasteiger partial charge in [-0.1, -0.05) is 30.8 Å². The number of piperidine rings is 1. The molecule has 2 aliphatic rings. The second-order valence-electron chi connectivity index (χ2n) is 7.43. The van der Waals surface area contributed by atoms with Gasteiger partial charge < -0.3 is 9.80 Å². The van der Waals surface area contributed by atoms with Crippen LogP contribution in [0.15, 0.2) is 57.2 Å². The fourth-order valence-corrected chi connectivity index (χ4v) is 5.42. The Labute approximate surface area is 166 Å². The molecule has 2 nitrogen and oxygen atoms in total. The van der Waals surface area contributed by atoms with Crippen LogP contribution in [0.2, 0.25) is 0 Å². The molecule has 26 heavy (non-hydrogen) atoms. The van der Waals surface area contributed by atoms with Crippen molar-refractivity contribution in [3.8, 4) is 0 Å². The highest BCUT2D eigenvalue weighted by molar-refractivity contribution is 8.00. The maximum atomic E-state index is 2.66. The van der Waals surface area contributed by atoms with E-state index >= 15 is 0 Å². The Balaban J connectivity index is 1.51. The second-order valence-corrected chi connectivity index (χ2v) is 9.40. The summed E-state index contributed by atoms with van der Waals surface area (Å²) in [5.74, 6) is 0.911. The molecule has 0 saturated carbocycles. The average Bonchev–Trinajstić information content (AvgIpc) is 2.68. The van der Waals surface area contributed by atoms with Gasteiger partial charge in [-0.15, -0.1) is 11.8 Å². The standard InChI is InChI=1S/C22H28N2S2/c1-17-10-14-23(15-11-17)12-5-13-24-19-6-3-4-7-21(19)26-22-9-8-18(25-2)16-20(22)24/h3-4,6-9,16-17H,5,10-15H2,1-2H3. The van der Waals surface area contributed by atoms with E-state index in [2.05, 4.69) is 65.4 Å².